The molecule has 0 bridgehead atoms. The monoisotopic (exact) mass is 409 g/mol. The van der Waals surface area contributed by atoms with Crippen molar-refractivity contribution in [2.75, 3.05) is 6.61 Å². The molecule has 3 heterocycles. The second kappa shape index (κ2) is 7.92. The average molecular weight is 409 g/mol. The maximum atomic E-state index is 12.9. The smallest absolute Gasteiger partial charge is 0.329 e. The zero-order chi connectivity index (χ0) is 20.4. The van der Waals surface area contributed by atoms with Gasteiger partial charge in [-0.25, -0.2) is 4.79 Å². The summed E-state index contributed by atoms with van der Waals surface area (Å²) in [6, 6.07) is 12.8. The van der Waals surface area contributed by atoms with E-state index in [9.17, 15) is 14.4 Å². The van der Waals surface area contributed by atoms with Crippen molar-refractivity contribution in [1.82, 2.24) is 14.5 Å². The Bertz CT molecular complexity index is 1330. The molecular weight excluding hydrogens is 390 g/mol. The van der Waals surface area contributed by atoms with Crippen molar-refractivity contribution in [3.05, 3.63) is 85.4 Å². The van der Waals surface area contributed by atoms with Crippen LogP contribution < -0.4 is 21.4 Å². The maximum Gasteiger partial charge on any atom is 0.329 e. The number of thiophene rings is 1. The number of ether oxygens (including phenoxy) is 1. The van der Waals surface area contributed by atoms with E-state index in [0.717, 1.165) is 21.4 Å². The number of rotatable bonds is 6. The Morgan fingerprint density at radius 3 is 2.62 bits per heavy atom. The van der Waals surface area contributed by atoms with E-state index < -0.39 is 11.2 Å². The summed E-state index contributed by atoms with van der Waals surface area (Å²) in [5, 5.41) is 0.443. The molecule has 0 aliphatic heterocycles. The van der Waals surface area contributed by atoms with Gasteiger partial charge in [0.05, 0.1) is 18.5 Å². The first-order valence-electron chi connectivity index (χ1n) is 9.23. The molecule has 0 aliphatic carbocycles. The summed E-state index contributed by atoms with van der Waals surface area (Å²) >= 11 is 1.36. The standard InChI is InChI=1S/C21H19N3O4S/c1-2-8-28-17-11-22-14(9-16(17)25)12-24-20(26)15-10-18(13-6-4-3-5-7-13)29-19(15)23-21(24)27/h3-7,9-11H,2,8,12H2,1H3,(H,22,25)(H,23,27). The molecule has 0 unspecified atom stereocenters. The van der Waals surface area contributed by atoms with Gasteiger partial charge in [0, 0.05) is 22.8 Å². The molecule has 29 heavy (non-hydrogen) atoms. The van der Waals surface area contributed by atoms with Gasteiger partial charge >= 0.3 is 5.69 Å². The number of aromatic nitrogens is 3. The highest BCUT2D eigenvalue weighted by atomic mass is 32.1. The van der Waals surface area contributed by atoms with E-state index in [4.69, 9.17) is 4.74 Å². The Labute approximate surface area is 169 Å². The fourth-order valence-corrected chi connectivity index (χ4v) is 4.07. The van der Waals surface area contributed by atoms with Crippen LogP contribution in [0.25, 0.3) is 20.7 Å². The minimum absolute atomic E-state index is 0.0378. The minimum atomic E-state index is -0.517. The van der Waals surface area contributed by atoms with Gasteiger partial charge < -0.3 is 9.72 Å². The van der Waals surface area contributed by atoms with Crippen molar-refractivity contribution in [2.24, 2.45) is 0 Å². The fourth-order valence-electron chi connectivity index (χ4n) is 3.02. The lowest BCUT2D eigenvalue weighted by Gasteiger charge is -2.07. The maximum absolute atomic E-state index is 12.9. The third-order valence-corrected chi connectivity index (χ3v) is 5.56. The van der Waals surface area contributed by atoms with E-state index in [1.807, 2.05) is 37.3 Å². The van der Waals surface area contributed by atoms with E-state index >= 15 is 0 Å². The van der Waals surface area contributed by atoms with E-state index in [0.29, 0.717) is 22.5 Å². The molecule has 0 atom stereocenters. The van der Waals surface area contributed by atoms with Crippen LogP contribution in [0.15, 0.2) is 63.0 Å². The van der Waals surface area contributed by atoms with Crippen LogP contribution in [-0.2, 0) is 6.54 Å². The third-order valence-electron chi connectivity index (χ3n) is 4.46. The topological polar surface area (TPSA) is 96.9 Å². The number of nitrogens with one attached hydrogen (secondary N) is 2. The lowest BCUT2D eigenvalue weighted by atomic mass is 10.2. The number of pyridine rings is 1. The third kappa shape index (κ3) is 3.79. The Morgan fingerprint density at radius 2 is 1.90 bits per heavy atom. The van der Waals surface area contributed by atoms with Gasteiger partial charge in [0.25, 0.3) is 5.56 Å². The Hall–Kier alpha value is -3.39. The summed E-state index contributed by atoms with van der Waals surface area (Å²) in [5.41, 5.74) is 0.224. The number of benzene rings is 1. The van der Waals surface area contributed by atoms with Crippen LogP contribution in [-0.4, -0.2) is 21.1 Å². The highest BCUT2D eigenvalue weighted by Crippen LogP contribution is 2.30. The number of nitrogens with zero attached hydrogens (tertiary/aromatic N) is 1. The predicted octanol–water partition coefficient (Wildman–Crippen LogP) is 2.94. The van der Waals surface area contributed by atoms with Gasteiger partial charge in [-0.2, -0.15) is 0 Å². The van der Waals surface area contributed by atoms with Crippen LogP contribution in [0, 0.1) is 0 Å². The summed E-state index contributed by atoms with van der Waals surface area (Å²) in [4.78, 5) is 44.7. The normalized spacial score (nSPS) is 11.1. The van der Waals surface area contributed by atoms with E-state index in [1.54, 1.807) is 6.07 Å². The molecule has 0 fully saturated rings. The molecule has 7 nitrogen and oxygen atoms in total. The highest BCUT2D eigenvalue weighted by Gasteiger charge is 2.13. The molecule has 0 amide bonds. The van der Waals surface area contributed by atoms with Crippen LogP contribution in [0.3, 0.4) is 0 Å². The zero-order valence-electron chi connectivity index (χ0n) is 15.7. The highest BCUT2D eigenvalue weighted by molar-refractivity contribution is 7.21. The largest absolute Gasteiger partial charge is 0.488 e. The number of aromatic amines is 2. The molecule has 4 aromatic rings. The summed E-state index contributed by atoms with van der Waals surface area (Å²) in [5.74, 6) is 0.220. The molecular formula is C21H19N3O4S. The van der Waals surface area contributed by atoms with Crippen LogP contribution >= 0.6 is 11.3 Å². The molecule has 8 heteroatoms. The van der Waals surface area contributed by atoms with Crippen molar-refractivity contribution in [1.29, 1.82) is 0 Å². The molecule has 1 aromatic carbocycles. The number of fused-ring (bicyclic) bond motifs is 1. The SMILES string of the molecule is CCCOc1c[nH]c(Cn2c(=O)[nH]c3sc(-c4ccccc4)cc3c2=O)cc1=O. The van der Waals surface area contributed by atoms with Crippen molar-refractivity contribution in [2.45, 2.75) is 19.9 Å². The summed E-state index contributed by atoms with van der Waals surface area (Å²) in [6.45, 7) is 2.36. The molecule has 0 saturated heterocycles. The average Bonchev–Trinajstić information content (AvgIpc) is 3.15. The molecule has 148 valence electrons. The fraction of sp³-hybridized carbons (Fsp3) is 0.190. The van der Waals surface area contributed by atoms with Gasteiger partial charge in [-0.15, -0.1) is 11.3 Å². The summed E-state index contributed by atoms with van der Waals surface area (Å²) < 4.78 is 6.45. The first-order chi connectivity index (χ1) is 14.1. The van der Waals surface area contributed by atoms with E-state index in [1.165, 1.54) is 23.6 Å². The molecule has 4 rings (SSSR count). The minimum Gasteiger partial charge on any atom is -0.488 e. The molecule has 0 saturated carbocycles. The van der Waals surface area contributed by atoms with Crippen LogP contribution in [0.1, 0.15) is 19.0 Å². The van der Waals surface area contributed by atoms with Gasteiger partial charge in [0.15, 0.2) is 5.75 Å². The first kappa shape index (κ1) is 18.9. The molecule has 3 aromatic heterocycles. The van der Waals surface area contributed by atoms with E-state index in [-0.39, 0.29) is 17.7 Å². The van der Waals surface area contributed by atoms with Gasteiger partial charge in [-0.1, -0.05) is 37.3 Å². The van der Waals surface area contributed by atoms with Gasteiger partial charge in [-0.05, 0) is 18.1 Å². The quantitative estimate of drug-likeness (QED) is 0.512. The summed E-state index contributed by atoms with van der Waals surface area (Å²) in [7, 11) is 0. The van der Waals surface area contributed by atoms with E-state index in [2.05, 4.69) is 9.97 Å². The molecule has 0 radical (unpaired) electrons. The molecule has 2 N–H and O–H groups in total. The Kier molecular flexibility index (Phi) is 5.18. The zero-order valence-corrected chi connectivity index (χ0v) is 16.5. The number of hydrogen-bond acceptors (Lipinski definition) is 5. The van der Waals surface area contributed by atoms with Gasteiger partial charge in [0.1, 0.15) is 4.83 Å². The number of H-pyrrole nitrogens is 2. The Balaban J connectivity index is 1.71. The van der Waals surface area contributed by atoms with Crippen molar-refractivity contribution >= 4 is 21.6 Å². The second-order valence-electron chi connectivity index (χ2n) is 6.58. The van der Waals surface area contributed by atoms with Gasteiger partial charge in [-0.3, -0.25) is 19.1 Å². The van der Waals surface area contributed by atoms with Crippen LogP contribution in [0.5, 0.6) is 5.75 Å². The van der Waals surface area contributed by atoms with Crippen LogP contribution in [0.2, 0.25) is 0 Å². The predicted molar refractivity (Wildman–Crippen MR) is 114 cm³/mol. The lowest BCUT2D eigenvalue weighted by molar-refractivity contribution is 0.313. The molecule has 0 spiro atoms. The summed E-state index contributed by atoms with van der Waals surface area (Å²) in [6.07, 6.45) is 2.25. The van der Waals surface area contributed by atoms with Crippen LogP contribution in [0.4, 0.5) is 0 Å². The first-order valence-corrected chi connectivity index (χ1v) is 10.0. The lowest BCUT2D eigenvalue weighted by Crippen LogP contribution is -2.35. The van der Waals surface area contributed by atoms with Crippen molar-refractivity contribution < 1.29 is 4.74 Å². The van der Waals surface area contributed by atoms with Crippen molar-refractivity contribution in [3.8, 4) is 16.2 Å². The van der Waals surface area contributed by atoms with Gasteiger partial charge in [0.2, 0.25) is 5.43 Å². The molecule has 0 aliphatic rings. The van der Waals surface area contributed by atoms with Crippen molar-refractivity contribution in [3.63, 3.8) is 0 Å². The second-order valence-corrected chi connectivity index (χ2v) is 7.63. The Morgan fingerprint density at radius 1 is 1.10 bits per heavy atom. The number of hydrogen-bond donors (Lipinski definition) is 2.